The normalized spacial score (nSPS) is 12.1. The van der Waals surface area contributed by atoms with E-state index in [0.717, 1.165) is 11.4 Å². The van der Waals surface area contributed by atoms with E-state index in [4.69, 9.17) is 4.74 Å². The maximum Gasteiger partial charge on any atom is 0.256 e. The second-order valence-corrected chi connectivity index (χ2v) is 4.84. The van der Waals surface area contributed by atoms with Crippen LogP contribution in [0.5, 0.6) is 0 Å². The summed E-state index contributed by atoms with van der Waals surface area (Å²) in [6.07, 6.45) is -0.473. The number of para-hydroxylation sites is 1. The van der Waals surface area contributed by atoms with E-state index in [9.17, 15) is 4.79 Å². The van der Waals surface area contributed by atoms with Crippen molar-refractivity contribution < 1.29 is 9.53 Å². The Morgan fingerprint density at radius 2 is 2.16 bits per heavy atom. The van der Waals surface area contributed by atoms with Crippen molar-refractivity contribution in [1.82, 2.24) is 4.98 Å². The number of ether oxygens (including phenoxy) is 1. The second kappa shape index (κ2) is 6.45. The monoisotopic (exact) mass is 276 g/mol. The summed E-state index contributed by atoms with van der Waals surface area (Å²) in [5.74, 6) is -0.0679. The summed E-state index contributed by atoms with van der Waals surface area (Å²) in [5, 5.41) is 1.95. The van der Waals surface area contributed by atoms with Gasteiger partial charge in [-0.2, -0.15) is 0 Å². The van der Waals surface area contributed by atoms with Gasteiger partial charge in [-0.25, -0.2) is 4.98 Å². The van der Waals surface area contributed by atoms with Crippen molar-refractivity contribution in [3.05, 3.63) is 46.9 Å². The van der Waals surface area contributed by atoms with Crippen molar-refractivity contribution in [2.75, 3.05) is 12.0 Å². The second-order valence-electron chi connectivity index (χ2n) is 4.12. The largest absolute Gasteiger partial charge is 0.372 e. The summed E-state index contributed by atoms with van der Waals surface area (Å²) in [6, 6.07) is 9.57. The molecule has 0 radical (unpaired) electrons. The van der Waals surface area contributed by atoms with Gasteiger partial charge in [0, 0.05) is 18.2 Å². The lowest BCUT2D eigenvalue weighted by Gasteiger charge is -2.24. The Bertz CT molecular complexity index is 514. The lowest BCUT2D eigenvalue weighted by Crippen LogP contribution is -2.38. The summed E-state index contributed by atoms with van der Waals surface area (Å²) >= 11 is 1.52. The van der Waals surface area contributed by atoms with Crippen LogP contribution in [0.1, 0.15) is 12.6 Å². The van der Waals surface area contributed by atoms with Gasteiger partial charge < -0.3 is 9.64 Å². The number of amides is 1. The molecule has 0 N–H and O–H groups in total. The summed E-state index contributed by atoms with van der Waals surface area (Å²) in [6.45, 7) is 2.21. The van der Waals surface area contributed by atoms with Crippen LogP contribution in [0, 0.1) is 0 Å². The number of thiazole rings is 1. The van der Waals surface area contributed by atoms with Crippen LogP contribution in [0.3, 0.4) is 0 Å². The van der Waals surface area contributed by atoms with Crippen LogP contribution in [0.4, 0.5) is 5.69 Å². The van der Waals surface area contributed by atoms with Gasteiger partial charge in [0.1, 0.15) is 6.10 Å². The molecule has 1 unspecified atom stereocenters. The fourth-order valence-electron chi connectivity index (χ4n) is 1.70. The highest BCUT2D eigenvalue weighted by atomic mass is 32.1. The number of carbonyl (C=O) groups is 1. The van der Waals surface area contributed by atoms with Gasteiger partial charge in [0.25, 0.3) is 5.91 Å². The number of nitrogens with zero attached hydrogens (tertiary/aromatic N) is 2. The predicted octanol–water partition coefficient (Wildman–Crippen LogP) is 2.71. The molecule has 4 nitrogen and oxygen atoms in total. The van der Waals surface area contributed by atoms with Gasteiger partial charge in [-0.1, -0.05) is 18.2 Å². The molecular formula is C14H16N2O2S. The average molecular weight is 276 g/mol. The smallest absolute Gasteiger partial charge is 0.256 e. The predicted molar refractivity (Wildman–Crippen MR) is 76.2 cm³/mol. The first-order valence-corrected chi connectivity index (χ1v) is 6.93. The van der Waals surface area contributed by atoms with Gasteiger partial charge >= 0.3 is 0 Å². The molecule has 1 aromatic carbocycles. The number of anilines is 1. The van der Waals surface area contributed by atoms with Crippen LogP contribution in [-0.4, -0.2) is 24.1 Å². The van der Waals surface area contributed by atoms with Crippen LogP contribution in [0.2, 0.25) is 0 Å². The van der Waals surface area contributed by atoms with Crippen molar-refractivity contribution in [3.8, 4) is 0 Å². The average Bonchev–Trinajstić information content (AvgIpc) is 2.97. The molecule has 2 aromatic rings. The van der Waals surface area contributed by atoms with E-state index in [2.05, 4.69) is 4.98 Å². The van der Waals surface area contributed by atoms with Crippen molar-refractivity contribution in [2.24, 2.45) is 0 Å². The van der Waals surface area contributed by atoms with E-state index >= 15 is 0 Å². The minimum atomic E-state index is -0.473. The van der Waals surface area contributed by atoms with E-state index < -0.39 is 6.10 Å². The molecular weight excluding hydrogens is 260 g/mol. The summed E-state index contributed by atoms with van der Waals surface area (Å²) in [4.78, 5) is 18.3. The van der Waals surface area contributed by atoms with Gasteiger partial charge in [-0.05, 0) is 19.1 Å². The first-order chi connectivity index (χ1) is 9.22. The molecule has 0 aliphatic carbocycles. The van der Waals surface area contributed by atoms with E-state index in [1.165, 1.54) is 18.4 Å². The maximum absolute atomic E-state index is 12.4. The van der Waals surface area contributed by atoms with Gasteiger partial charge in [0.05, 0.1) is 17.7 Å². The van der Waals surface area contributed by atoms with Gasteiger partial charge in [0.2, 0.25) is 0 Å². The highest BCUT2D eigenvalue weighted by Gasteiger charge is 2.22. The molecule has 0 aliphatic heterocycles. The highest BCUT2D eigenvalue weighted by molar-refractivity contribution is 7.07. The Balaban J connectivity index is 2.25. The number of methoxy groups -OCH3 is 1. The minimum Gasteiger partial charge on any atom is -0.372 e. The number of hydrogen-bond donors (Lipinski definition) is 0. The molecule has 5 heteroatoms. The molecule has 1 amide bonds. The van der Waals surface area contributed by atoms with E-state index in [-0.39, 0.29) is 5.91 Å². The molecule has 0 saturated carbocycles. The van der Waals surface area contributed by atoms with Crippen molar-refractivity contribution in [3.63, 3.8) is 0 Å². The van der Waals surface area contributed by atoms with Crippen LogP contribution >= 0.6 is 11.3 Å². The summed E-state index contributed by atoms with van der Waals surface area (Å²) in [7, 11) is 1.54. The molecule has 1 heterocycles. The minimum absolute atomic E-state index is 0.0679. The van der Waals surface area contributed by atoms with Crippen molar-refractivity contribution in [1.29, 1.82) is 0 Å². The van der Waals surface area contributed by atoms with Crippen molar-refractivity contribution in [2.45, 2.75) is 19.6 Å². The first kappa shape index (κ1) is 13.7. The summed E-state index contributed by atoms with van der Waals surface area (Å²) < 4.78 is 5.12. The van der Waals surface area contributed by atoms with E-state index in [1.54, 1.807) is 17.3 Å². The fraction of sp³-hybridized carbons (Fsp3) is 0.286. The Morgan fingerprint density at radius 1 is 1.42 bits per heavy atom. The standard InChI is InChI=1S/C14H16N2O2S/c1-11(18-2)14(17)16(8-12-9-19-10-15-12)13-6-4-3-5-7-13/h3-7,9-11H,8H2,1-2H3. The quantitative estimate of drug-likeness (QED) is 0.843. The highest BCUT2D eigenvalue weighted by Crippen LogP contribution is 2.18. The Hall–Kier alpha value is -1.72. The van der Waals surface area contributed by atoms with Crippen LogP contribution in [-0.2, 0) is 16.1 Å². The molecule has 0 spiro atoms. The lowest BCUT2D eigenvalue weighted by atomic mass is 10.2. The van der Waals surface area contributed by atoms with Crippen molar-refractivity contribution >= 4 is 22.9 Å². The molecule has 0 saturated heterocycles. The number of carbonyl (C=O) groups excluding carboxylic acids is 1. The topological polar surface area (TPSA) is 42.4 Å². The Morgan fingerprint density at radius 3 is 2.74 bits per heavy atom. The third-order valence-corrected chi connectivity index (χ3v) is 3.47. The molecule has 100 valence electrons. The van der Waals surface area contributed by atoms with E-state index in [1.807, 2.05) is 35.7 Å². The molecule has 2 rings (SSSR count). The van der Waals surface area contributed by atoms with Crippen LogP contribution in [0.15, 0.2) is 41.2 Å². The van der Waals surface area contributed by atoms with Gasteiger partial charge in [0.15, 0.2) is 0 Å². The van der Waals surface area contributed by atoms with Gasteiger partial charge in [-0.15, -0.1) is 11.3 Å². The molecule has 1 atom stereocenters. The zero-order valence-corrected chi connectivity index (χ0v) is 11.8. The lowest BCUT2D eigenvalue weighted by molar-refractivity contribution is -0.127. The number of benzene rings is 1. The Labute approximate surface area is 116 Å². The van der Waals surface area contributed by atoms with Gasteiger partial charge in [-0.3, -0.25) is 4.79 Å². The fourth-order valence-corrected chi connectivity index (χ4v) is 2.25. The third-order valence-electron chi connectivity index (χ3n) is 2.84. The number of rotatable bonds is 5. The molecule has 0 fully saturated rings. The zero-order valence-electron chi connectivity index (χ0n) is 10.9. The zero-order chi connectivity index (χ0) is 13.7. The first-order valence-electron chi connectivity index (χ1n) is 5.98. The Kier molecular flexibility index (Phi) is 4.65. The van der Waals surface area contributed by atoms with Crippen LogP contribution < -0.4 is 4.90 Å². The number of hydrogen-bond acceptors (Lipinski definition) is 4. The molecule has 1 aromatic heterocycles. The maximum atomic E-state index is 12.4. The molecule has 0 aliphatic rings. The van der Waals surface area contributed by atoms with E-state index in [0.29, 0.717) is 6.54 Å². The summed E-state index contributed by atoms with van der Waals surface area (Å²) in [5.41, 5.74) is 3.50. The van der Waals surface area contributed by atoms with Crippen LogP contribution in [0.25, 0.3) is 0 Å². The third kappa shape index (κ3) is 3.39. The molecule has 0 bridgehead atoms. The number of aromatic nitrogens is 1. The SMILES string of the molecule is COC(C)C(=O)N(Cc1cscn1)c1ccccc1. The molecule has 19 heavy (non-hydrogen) atoms.